The highest BCUT2D eigenvalue weighted by atomic mass is 32.2. The normalized spacial score (nSPS) is 16.6. The molecule has 38 heavy (non-hydrogen) atoms. The Hall–Kier alpha value is -2.70. The minimum Gasteiger partial charge on any atom is -0.497 e. The lowest BCUT2D eigenvalue weighted by molar-refractivity contribution is -0.170. The minimum atomic E-state index is -4.17. The SMILES string of the molecule is COc1ccc(S(=O)(=O)N(C[C@@H](O)[C@H](Cc2ccccc2)NC(=O)OC(C)(C)C)OC2CCOCC2)cc1. The molecule has 0 unspecified atom stereocenters. The zero-order valence-electron chi connectivity index (χ0n) is 22.3. The third-order valence-electron chi connectivity index (χ3n) is 5.86. The number of nitrogens with zero attached hydrogens (tertiary/aromatic N) is 1. The van der Waals surface area contributed by atoms with E-state index in [1.165, 1.54) is 31.4 Å². The molecular formula is C27H38N2O8S. The van der Waals surface area contributed by atoms with Gasteiger partial charge in [0.1, 0.15) is 11.4 Å². The van der Waals surface area contributed by atoms with Crippen LogP contribution in [0.4, 0.5) is 4.79 Å². The van der Waals surface area contributed by atoms with Crippen molar-refractivity contribution in [1.29, 1.82) is 0 Å². The van der Waals surface area contributed by atoms with E-state index >= 15 is 0 Å². The summed E-state index contributed by atoms with van der Waals surface area (Å²) in [6.07, 6.45) is -1.18. The third-order valence-corrected chi connectivity index (χ3v) is 7.50. The number of hydrogen-bond donors (Lipinski definition) is 2. The molecule has 1 amide bonds. The van der Waals surface area contributed by atoms with Crippen LogP contribution in [0, 0.1) is 0 Å². The summed E-state index contributed by atoms with van der Waals surface area (Å²) in [6.45, 7) is 5.68. The number of methoxy groups -OCH3 is 1. The van der Waals surface area contributed by atoms with Crippen molar-refractivity contribution in [1.82, 2.24) is 9.79 Å². The maximum absolute atomic E-state index is 13.6. The van der Waals surface area contributed by atoms with Crippen molar-refractivity contribution in [2.24, 2.45) is 0 Å². The molecular weight excluding hydrogens is 512 g/mol. The predicted octanol–water partition coefficient (Wildman–Crippen LogP) is 3.29. The van der Waals surface area contributed by atoms with E-state index in [0.717, 1.165) is 10.0 Å². The van der Waals surface area contributed by atoms with E-state index in [0.29, 0.717) is 31.8 Å². The number of ether oxygens (including phenoxy) is 3. The van der Waals surface area contributed by atoms with Gasteiger partial charge in [-0.05, 0) is 69.9 Å². The van der Waals surface area contributed by atoms with E-state index in [9.17, 15) is 18.3 Å². The number of sulfonamides is 1. The van der Waals surface area contributed by atoms with E-state index in [4.69, 9.17) is 19.0 Å². The Morgan fingerprint density at radius 2 is 1.74 bits per heavy atom. The molecule has 210 valence electrons. The van der Waals surface area contributed by atoms with Gasteiger partial charge in [0.05, 0.1) is 36.8 Å². The van der Waals surface area contributed by atoms with Gasteiger partial charge in [-0.2, -0.15) is 0 Å². The van der Waals surface area contributed by atoms with Gasteiger partial charge in [-0.3, -0.25) is 4.84 Å². The first kappa shape index (κ1) is 29.9. The molecule has 1 saturated heterocycles. The first-order valence-corrected chi connectivity index (χ1v) is 14.0. The van der Waals surface area contributed by atoms with Gasteiger partial charge >= 0.3 is 6.09 Å². The van der Waals surface area contributed by atoms with E-state index in [2.05, 4.69) is 5.32 Å². The Balaban J connectivity index is 1.87. The van der Waals surface area contributed by atoms with Gasteiger partial charge in [0.25, 0.3) is 10.0 Å². The van der Waals surface area contributed by atoms with Crippen LogP contribution in [-0.2, 0) is 30.8 Å². The second-order valence-electron chi connectivity index (χ2n) is 10.1. The van der Waals surface area contributed by atoms with Gasteiger partial charge in [0.15, 0.2) is 0 Å². The summed E-state index contributed by atoms with van der Waals surface area (Å²) >= 11 is 0. The summed E-state index contributed by atoms with van der Waals surface area (Å²) < 4.78 is 44.0. The second kappa shape index (κ2) is 13.4. The summed E-state index contributed by atoms with van der Waals surface area (Å²) in [7, 11) is -2.68. The molecule has 0 aromatic heterocycles. The molecule has 0 spiro atoms. The van der Waals surface area contributed by atoms with Gasteiger partial charge in [-0.25, -0.2) is 13.2 Å². The topological polar surface area (TPSA) is 124 Å². The zero-order valence-corrected chi connectivity index (χ0v) is 23.1. The molecule has 0 bridgehead atoms. The molecule has 1 aliphatic rings. The molecule has 0 radical (unpaired) electrons. The number of carbonyl (C=O) groups is 1. The highest BCUT2D eigenvalue weighted by Crippen LogP contribution is 2.24. The maximum Gasteiger partial charge on any atom is 0.407 e. The van der Waals surface area contributed by atoms with Crippen molar-refractivity contribution in [3.63, 3.8) is 0 Å². The number of carbonyl (C=O) groups excluding carboxylic acids is 1. The Morgan fingerprint density at radius 1 is 1.11 bits per heavy atom. The van der Waals surface area contributed by atoms with Gasteiger partial charge in [-0.1, -0.05) is 34.8 Å². The maximum atomic E-state index is 13.6. The minimum absolute atomic E-state index is 0.0164. The first-order chi connectivity index (χ1) is 18.0. The third kappa shape index (κ3) is 8.95. The number of hydrogen-bond acceptors (Lipinski definition) is 8. The van der Waals surface area contributed by atoms with Crippen LogP contribution in [0.25, 0.3) is 0 Å². The number of amides is 1. The molecule has 2 aromatic rings. The summed E-state index contributed by atoms with van der Waals surface area (Å²) in [6, 6.07) is 14.3. The molecule has 0 aliphatic carbocycles. The van der Waals surface area contributed by atoms with E-state index in [1.807, 2.05) is 30.3 Å². The number of aliphatic hydroxyl groups is 1. The Morgan fingerprint density at radius 3 is 2.32 bits per heavy atom. The van der Waals surface area contributed by atoms with Gasteiger partial charge < -0.3 is 24.6 Å². The molecule has 1 fully saturated rings. The van der Waals surface area contributed by atoms with Crippen molar-refractivity contribution in [2.45, 2.75) is 68.8 Å². The lowest BCUT2D eigenvalue weighted by Gasteiger charge is -2.32. The van der Waals surface area contributed by atoms with E-state index < -0.39 is 46.5 Å². The molecule has 2 N–H and O–H groups in total. The standard InChI is InChI=1S/C27H38N2O8S/c1-27(2,3)36-26(31)28-24(18-20-8-6-5-7-9-20)25(30)19-29(37-22-14-16-35-17-15-22)38(32,33)23-12-10-21(34-4)11-13-23/h5-13,22,24-25,30H,14-19H2,1-4H3,(H,28,31)/t24-,25+/m0/s1. The van der Waals surface area contributed by atoms with Crippen LogP contribution in [0.15, 0.2) is 59.5 Å². The summed E-state index contributed by atoms with van der Waals surface area (Å²) in [4.78, 5) is 18.5. The number of benzene rings is 2. The fourth-order valence-corrected chi connectivity index (χ4v) is 5.20. The average molecular weight is 551 g/mol. The van der Waals surface area contributed by atoms with Crippen molar-refractivity contribution < 1.29 is 37.4 Å². The lowest BCUT2D eigenvalue weighted by Crippen LogP contribution is -2.52. The van der Waals surface area contributed by atoms with Crippen LogP contribution in [0.1, 0.15) is 39.2 Å². The average Bonchev–Trinajstić information content (AvgIpc) is 2.88. The molecule has 2 atom stereocenters. The van der Waals surface area contributed by atoms with Crippen LogP contribution in [-0.4, -0.2) is 74.8 Å². The number of rotatable bonds is 11. The molecule has 11 heteroatoms. The van der Waals surface area contributed by atoms with E-state index in [-0.39, 0.29) is 11.3 Å². The summed E-state index contributed by atoms with van der Waals surface area (Å²) in [5, 5.41) is 14.0. The Labute approximate surface area is 224 Å². The highest BCUT2D eigenvalue weighted by Gasteiger charge is 2.34. The van der Waals surface area contributed by atoms with Crippen molar-refractivity contribution in [2.75, 3.05) is 26.9 Å². The summed E-state index contributed by atoms with van der Waals surface area (Å²) in [5.41, 5.74) is 0.102. The number of nitrogens with one attached hydrogen (secondary N) is 1. The molecule has 1 aliphatic heterocycles. The molecule has 1 heterocycles. The predicted molar refractivity (Wildman–Crippen MR) is 141 cm³/mol. The first-order valence-electron chi connectivity index (χ1n) is 12.6. The van der Waals surface area contributed by atoms with Crippen molar-refractivity contribution in [3.05, 3.63) is 60.2 Å². The number of aliphatic hydroxyl groups excluding tert-OH is 1. The highest BCUT2D eigenvalue weighted by molar-refractivity contribution is 7.89. The zero-order chi connectivity index (χ0) is 27.8. The van der Waals surface area contributed by atoms with Crippen LogP contribution in [0.2, 0.25) is 0 Å². The van der Waals surface area contributed by atoms with Crippen LogP contribution < -0.4 is 10.1 Å². The largest absolute Gasteiger partial charge is 0.497 e. The van der Waals surface area contributed by atoms with Crippen LogP contribution >= 0.6 is 0 Å². The Kier molecular flexibility index (Phi) is 10.5. The van der Waals surface area contributed by atoms with Crippen LogP contribution in [0.5, 0.6) is 5.75 Å². The quantitative estimate of drug-likeness (QED) is 0.409. The monoisotopic (exact) mass is 550 g/mol. The van der Waals surface area contributed by atoms with Crippen molar-refractivity contribution >= 4 is 16.1 Å². The molecule has 3 rings (SSSR count). The molecule has 10 nitrogen and oxygen atoms in total. The number of alkyl carbamates (subject to hydrolysis) is 1. The van der Waals surface area contributed by atoms with Gasteiger partial charge in [0, 0.05) is 13.2 Å². The lowest BCUT2D eigenvalue weighted by atomic mass is 10.0. The van der Waals surface area contributed by atoms with Gasteiger partial charge in [-0.15, -0.1) is 0 Å². The van der Waals surface area contributed by atoms with Crippen LogP contribution in [0.3, 0.4) is 0 Å². The van der Waals surface area contributed by atoms with Gasteiger partial charge in [0.2, 0.25) is 0 Å². The number of hydroxylamine groups is 1. The van der Waals surface area contributed by atoms with Crippen molar-refractivity contribution in [3.8, 4) is 5.75 Å². The fraction of sp³-hybridized carbons (Fsp3) is 0.519. The van der Waals surface area contributed by atoms with E-state index in [1.54, 1.807) is 20.8 Å². The Bertz CT molecular complexity index is 1110. The molecule has 0 saturated carbocycles. The smallest absolute Gasteiger partial charge is 0.407 e. The summed E-state index contributed by atoms with van der Waals surface area (Å²) in [5.74, 6) is 0.505. The fourth-order valence-electron chi connectivity index (χ4n) is 3.90. The second-order valence-corrected chi connectivity index (χ2v) is 11.9. The molecule has 2 aromatic carbocycles.